The molecule has 1 N–H and O–H groups in total. The van der Waals surface area contributed by atoms with Crippen molar-refractivity contribution >= 4 is 5.69 Å². The lowest BCUT2D eigenvalue weighted by Crippen LogP contribution is -2.07. The van der Waals surface area contributed by atoms with E-state index in [-0.39, 0.29) is 0 Å². The Balaban J connectivity index is 2.49. The lowest BCUT2D eigenvalue weighted by molar-refractivity contribution is 0.0566. The van der Waals surface area contributed by atoms with Gasteiger partial charge in [0.1, 0.15) is 0 Å². The van der Waals surface area contributed by atoms with Crippen LogP contribution in [-0.4, -0.2) is 16.3 Å². The fourth-order valence-corrected chi connectivity index (χ4v) is 0.858. The summed E-state index contributed by atoms with van der Waals surface area (Å²) < 4.78 is 24.7. The van der Waals surface area contributed by atoms with Gasteiger partial charge in [-0.1, -0.05) is 13.8 Å². The zero-order valence-electron chi connectivity index (χ0n) is 7.67. The molecule has 0 radical (unpaired) electrons. The van der Waals surface area contributed by atoms with Crippen LogP contribution in [0.5, 0.6) is 0 Å². The van der Waals surface area contributed by atoms with Gasteiger partial charge >= 0.3 is 6.55 Å². The van der Waals surface area contributed by atoms with Gasteiger partial charge in [0.15, 0.2) is 0 Å². The molecule has 1 aromatic rings. The molecule has 1 rings (SSSR count). The molecular weight excluding hydrogens is 176 g/mol. The number of nitrogens with one attached hydrogen (secondary N) is 1. The van der Waals surface area contributed by atoms with Gasteiger partial charge in [-0.2, -0.15) is 13.9 Å². The van der Waals surface area contributed by atoms with Gasteiger partial charge in [-0.3, -0.25) is 0 Å². The van der Waals surface area contributed by atoms with Crippen molar-refractivity contribution in [1.82, 2.24) is 9.78 Å². The minimum atomic E-state index is -2.56. The normalized spacial score (nSPS) is 11.2. The molecule has 0 saturated heterocycles. The Kier molecular flexibility index (Phi) is 3.22. The first-order chi connectivity index (χ1) is 6.09. The first-order valence-electron chi connectivity index (χ1n) is 4.15. The molecule has 74 valence electrons. The van der Waals surface area contributed by atoms with Gasteiger partial charge in [0.25, 0.3) is 0 Å². The van der Waals surface area contributed by atoms with Gasteiger partial charge in [-0.15, -0.1) is 0 Å². The molecule has 0 atom stereocenters. The summed E-state index contributed by atoms with van der Waals surface area (Å²) in [6.07, 6.45) is 2.70. The Bertz CT molecular complexity index is 258. The van der Waals surface area contributed by atoms with Crippen molar-refractivity contribution in [3.05, 3.63) is 12.4 Å². The van der Waals surface area contributed by atoms with Crippen LogP contribution < -0.4 is 5.32 Å². The summed E-state index contributed by atoms with van der Waals surface area (Å²) in [6, 6.07) is 0. The summed E-state index contributed by atoms with van der Waals surface area (Å²) in [5, 5.41) is 6.50. The topological polar surface area (TPSA) is 29.9 Å². The van der Waals surface area contributed by atoms with Crippen LogP contribution in [0.1, 0.15) is 20.4 Å². The molecule has 3 nitrogen and oxygen atoms in total. The van der Waals surface area contributed by atoms with Crippen molar-refractivity contribution < 1.29 is 8.78 Å². The molecule has 1 aromatic heterocycles. The average Bonchev–Trinajstić information content (AvgIpc) is 2.48. The molecule has 0 aliphatic rings. The number of nitrogens with zero attached hydrogens (tertiary/aromatic N) is 2. The molecule has 1 heterocycles. The smallest absolute Gasteiger partial charge is 0.333 e. The SMILES string of the molecule is CC(C)CNc1cnn(C(F)F)c1. The van der Waals surface area contributed by atoms with E-state index < -0.39 is 6.55 Å². The third-order valence-electron chi connectivity index (χ3n) is 1.52. The van der Waals surface area contributed by atoms with Crippen LogP contribution in [0.3, 0.4) is 0 Å². The molecule has 0 saturated carbocycles. The maximum absolute atomic E-state index is 12.1. The Morgan fingerprint density at radius 2 is 2.23 bits per heavy atom. The number of halogens is 2. The van der Waals surface area contributed by atoms with Crippen LogP contribution in [0.4, 0.5) is 14.5 Å². The molecule has 0 aliphatic heterocycles. The van der Waals surface area contributed by atoms with Gasteiger partial charge in [-0.05, 0) is 5.92 Å². The van der Waals surface area contributed by atoms with Crippen molar-refractivity contribution in [3.8, 4) is 0 Å². The highest BCUT2D eigenvalue weighted by molar-refractivity contribution is 5.37. The van der Waals surface area contributed by atoms with Crippen molar-refractivity contribution in [2.45, 2.75) is 20.4 Å². The van der Waals surface area contributed by atoms with E-state index in [1.807, 2.05) is 13.8 Å². The second-order valence-electron chi connectivity index (χ2n) is 3.26. The predicted octanol–water partition coefficient (Wildman–Crippen LogP) is 2.35. The molecule has 0 fully saturated rings. The lowest BCUT2D eigenvalue weighted by atomic mass is 10.2. The van der Waals surface area contributed by atoms with Crippen LogP contribution in [0, 0.1) is 5.92 Å². The highest BCUT2D eigenvalue weighted by Crippen LogP contribution is 2.12. The van der Waals surface area contributed by atoms with Crippen molar-refractivity contribution in [2.75, 3.05) is 11.9 Å². The Morgan fingerprint density at radius 3 is 2.69 bits per heavy atom. The summed E-state index contributed by atoms with van der Waals surface area (Å²) in [4.78, 5) is 0. The minimum absolute atomic E-state index is 0.481. The molecule has 0 unspecified atom stereocenters. The van der Waals surface area contributed by atoms with E-state index in [9.17, 15) is 8.78 Å². The van der Waals surface area contributed by atoms with Crippen LogP contribution in [0.15, 0.2) is 12.4 Å². The van der Waals surface area contributed by atoms with Gasteiger partial charge in [0, 0.05) is 6.54 Å². The fraction of sp³-hybridized carbons (Fsp3) is 0.625. The van der Waals surface area contributed by atoms with Crippen LogP contribution >= 0.6 is 0 Å². The van der Waals surface area contributed by atoms with Gasteiger partial charge in [0.2, 0.25) is 0 Å². The van der Waals surface area contributed by atoms with Gasteiger partial charge < -0.3 is 5.32 Å². The van der Waals surface area contributed by atoms with E-state index in [1.54, 1.807) is 0 Å². The molecule has 0 amide bonds. The highest BCUT2D eigenvalue weighted by atomic mass is 19.3. The molecule has 0 aromatic carbocycles. The zero-order chi connectivity index (χ0) is 9.84. The molecule has 0 aliphatic carbocycles. The monoisotopic (exact) mass is 189 g/mol. The third kappa shape index (κ3) is 3.01. The number of hydrogen-bond donors (Lipinski definition) is 1. The largest absolute Gasteiger partial charge is 0.382 e. The predicted molar refractivity (Wildman–Crippen MR) is 46.8 cm³/mol. The number of anilines is 1. The van der Waals surface area contributed by atoms with Gasteiger partial charge in [-0.25, -0.2) is 4.68 Å². The summed E-state index contributed by atoms with van der Waals surface area (Å²) in [6.45, 7) is 2.29. The van der Waals surface area contributed by atoms with Gasteiger partial charge in [0.05, 0.1) is 18.1 Å². The lowest BCUT2D eigenvalue weighted by Gasteiger charge is -2.05. The summed E-state index contributed by atoms with van der Waals surface area (Å²) in [7, 11) is 0. The molecule has 0 spiro atoms. The first kappa shape index (κ1) is 9.95. The molecular formula is C8H13F2N3. The Hall–Kier alpha value is -1.13. The third-order valence-corrected chi connectivity index (χ3v) is 1.52. The Morgan fingerprint density at radius 1 is 1.54 bits per heavy atom. The summed E-state index contributed by atoms with van der Waals surface area (Å²) in [5.74, 6) is 0.481. The standard InChI is InChI=1S/C8H13F2N3/c1-6(2)3-11-7-4-12-13(5-7)8(9)10/h4-6,8,11H,3H2,1-2H3. The van der Waals surface area contributed by atoms with Crippen molar-refractivity contribution in [1.29, 1.82) is 0 Å². The van der Waals surface area contributed by atoms with Crippen LogP contribution in [-0.2, 0) is 0 Å². The quantitative estimate of drug-likeness (QED) is 0.787. The Labute approximate surface area is 75.7 Å². The van der Waals surface area contributed by atoms with E-state index >= 15 is 0 Å². The maximum atomic E-state index is 12.1. The fourth-order valence-electron chi connectivity index (χ4n) is 0.858. The minimum Gasteiger partial charge on any atom is -0.382 e. The average molecular weight is 189 g/mol. The van der Waals surface area contributed by atoms with E-state index in [4.69, 9.17) is 0 Å². The van der Waals surface area contributed by atoms with E-state index in [1.165, 1.54) is 12.4 Å². The zero-order valence-corrected chi connectivity index (χ0v) is 7.67. The molecule has 5 heteroatoms. The van der Waals surface area contributed by atoms with E-state index in [2.05, 4.69) is 10.4 Å². The molecule has 13 heavy (non-hydrogen) atoms. The summed E-state index contributed by atoms with van der Waals surface area (Å²) in [5.41, 5.74) is 0.633. The molecule has 0 bridgehead atoms. The van der Waals surface area contributed by atoms with Crippen molar-refractivity contribution in [3.63, 3.8) is 0 Å². The number of rotatable bonds is 4. The van der Waals surface area contributed by atoms with Crippen LogP contribution in [0.25, 0.3) is 0 Å². The second kappa shape index (κ2) is 4.20. The first-order valence-corrected chi connectivity index (χ1v) is 4.15. The highest BCUT2D eigenvalue weighted by Gasteiger charge is 2.06. The van der Waals surface area contributed by atoms with E-state index in [0.29, 0.717) is 16.3 Å². The van der Waals surface area contributed by atoms with Crippen LogP contribution in [0.2, 0.25) is 0 Å². The summed E-state index contributed by atoms with van der Waals surface area (Å²) >= 11 is 0. The number of aromatic nitrogens is 2. The number of alkyl halides is 2. The second-order valence-corrected chi connectivity index (χ2v) is 3.26. The van der Waals surface area contributed by atoms with Crippen molar-refractivity contribution in [2.24, 2.45) is 5.92 Å². The maximum Gasteiger partial charge on any atom is 0.333 e. The number of hydrogen-bond acceptors (Lipinski definition) is 2. The van der Waals surface area contributed by atoms with E-state index in [0.717, 1.165) is 6.54 Å².